The molecule has 18 heavy (non-hydrogen) atoms. The summed E-state index contributed by atoms with van der Waals surface area (Å²) in [4.78, 5) is 0. The summed E-state index contributed by atoms with van der Waals surface area (Å²) >= 11 is 0. The minimum Gasteiger partial charge on any atom is -0.496 e. The van der Waals surface area contributed by atoms with Crippen molar-refractivity contribution >= 4 is 0 Å². The maximum absolute atomic E-state index is 5.53. The first-order valence-corrected chi connectivity index (χ1v) is 5.72. The number of ether oxygens (including phenoxy) is 4. The molecule has 0 fully saturated rings. The molecule has 0 aliphatic heterocycles. The Morgan fingerprint density at radius 2 is 1.78 bits per heavy atom. The Morgan fingerprint density at radius 3 is 2.33 bits per heavy atom. The van der Waals surface area contributed by atoms with Gasteiger partial charge in [-0.15, -0.1) is 0 Å². The quantitative estimate of drug-likeness (QED) is 0.607. The fourth-order valence-electron chi connectivity index (χ4n) is 2.36. The second kappa shape index (κ2) is 5.10. The van der Waals surface area contributed by atoms with Crippen molar-refractivity contribution < 1.29 is 18.9 Å². The van der Waals surface area contributed by atoms with Gasteiger partial charge in [-0.3, -0.25) is 0 Å². The number of hydrogen-bond acceptors (Lipinski definition) is 4. The third-order valence-corrected chi connectivity index (χ3v) is 3.30. The first-order valence-electron chi connectivity index (χ1n) is 5.72. The summed E-state index contributed by atoms with van der Waals surface area (Å²) in [6.07, 6.45) is 3.62. The molecular weight excluding hydrogens is 232 g/mol. The van der Waals surface area contributed by atoms with Crippen LogP contribution in [0.2, 0.25) is 0 Å². The van der Waals surface area contributed by atoms with Gasteiger partial charge in [-0.2, -0.15) is 0 Å². The van der Waals surface area contributed by atoms with E-state index >= 15 is 0 Å². The molecule has 0 spiro atoms. The lowest BCUT2D eigenvalue weighted by Gasteiger charge is -2.35. The molecule has 0 radical (unpaired) electrons. The molecule has 98 valence electrons. The van der Waals surface area contributed by atoms with Gasteiger partial charge in [0.05, 0.1) is 7.11 Å². The van der Waals surface area contributed by atoms with Crippen molar-refractivity contribution in [3.63, 3.8) is 0 Å². The number of methoxy groups -OCH3 is 4. The summed E-state index contributed by atoms with van der Waals surface area (Å²) in [5.74, 6) is -0.110. The molecule has 0 amide bonds. The maximum Gasteiger partial charge on any atom is 0.215 e. The predicted octanol–water partition coefficient (Wildman–Crippen LogP) is 2.40. The molecule has 1 aromatic rings. The lowest BCUT2D eigenvalue weighted by atomic mass is 9.89. The van der Waals surface area contributed by atoms with Crippen LogP contribution in [0.5, 0.6) is 5.75 Å². The molecule has 1 aliphatic carbocycles. The first kappa shape index (κ1) is 13.1. The van der Waals surface area contributed by atoms with Crippen LogP contribution in [0, 0.1) is 0 Å². The van der Waals surface area contributed by atoms with E-state index < -0.39 is 5.79 Å². The predicted molar refractivity (Wildman–Crippen MR) is 67.6 cm³/mol. The van der Waals surface area contributed by atoms with Gasteiger partial charge in [-0.25, -0.2) is 0 Å². The van der Waals surface area contributed by atoms with Crippen LogP contribution in [-0.4, -0.2) is 28.4 Å². The van der Waals surface area contributed by atoms with Crippen LogP contribution in [0.15, 0.2) is 30.4 Å². The van der Waals surface area contributed by atoms with E-state index in [9.17, 15) is 0 Å². The van der Waals surface area contributed by atoms with Crippen molar-refractivity contribution in [2.75, 3.05) is 28.4 Å². The summed E-state index contributed by atoms with van der Waals surface area (Å²) < 4.78 is 21.9. The molecule has 0 bridgehead atoms. The van der Waals surface area contributed by atoms with Crippen molar-refractivity contribution in [3.8, 4) is 5.75 Å². The standard InChI is InChI=1S/C14H18O4/c1-15-11-7-5-6-10-13(11)12(16-2)8-9-14(10,17-3)18-4/h5-9,12H,1-4H3. The monoisotopic (exact) mass is 250 g/mol. The topological polar surface area (TPSA) is 36.9 Å². The Hall–Kier alpha value is -1.36. The summed E-state index contributed by atoms with van der Waals surface area (Å²) in [5, 5.41) is 0. The summed E-state index contributed by atoms with van der Waals surface area (Å²) in [7, 11) is 6.54. The molecule has 1 aromatic carbocycles. The minimum atomic E-state index is -0.876. The molecule has 1 unspecified atom stereocenters. The fourth-order valence-corrected chi connectivity index (χ4v) is 2.36. The molecule has 4 nitrogen and oxygen atoms in total. The molecule has 0 aromatic heterocycles. The minimum absolute atomic E-state index is 0.158. The van der Waals surface area contributed by atoms with Gasteiger partial charge < -0.3 is 18.9 Å². The van der Waals surface area contributed by atoms with Gasteiger partial charge in [0, 0.05) is 32.5 Å². The number of hydrogen-bond donors (Lipinski definition) is 0. The molecule has 0 N–H and O–H groups in total. The third kappa shape index (κ3) is 1.82. The Labute approximate surface area is 107 Å². The van der Waals surface area contributed by atoms with Gasteiger partial charge in [-0.05, 0) is 18.2 Å². The largest absolute Gasteiger partial charge is 0.496 e. The van der Waals surface area contributed by atoms with E-state index in [1.807, 2.05) is 30.4 Å². The smallest absolute Gasteiger partial charge is 0.215 e. The number of benzene rings is 1. The van der Waals surface area contributed by atoms with Crippen LogP contribution >= 0.6 is 0 Å². The Kier molecular flexibility index (Phi) is 3.71. The average Bonchev–Trinajstić information content (AvgIpc) is 2.45. The summed E-state index contributed by atoms with van der Waals surface area (Å²) in [6, 6.07) is 5.77. The third-order valence-electron chi connectivity index (χ3n) is 3.30. The Morgan fingerprint density at radius 1 is 1.06 bits per heavy atom. The van der Waals surface area contributed by atoms with Crippen molar-refractivity contribution in [3.05, 3.63) is 41.5 Å². The molecule has 0 heterocycles. The van der Waals surface area contributed by atoms with E-state index in [0.29, 0.717) is 0 Å². The van der Waals surface area contributed by atoms with E-state index in [-0.39, 0.29) is 6.10 Å². The van der Waals surface area contributed by atoms with Crippen LogP contribution in [-0.2, 0) is 20.0 Å². The molecule has 0 saturated carbocycles. The van der Waals surface area contributed by atoms with Crippen molar-refractivity contribution in [2.45, 2.75) is 11.9 Å². The van der Waals surface area contributed by atoms with Gasteiger partial charge in [0.2, 0.25) is 5.79 Å². The van der Waals surface area contributed by atoms with Crippen LogP contribution in [0.25, 0.3) is 0 Å². The molecule has 0 saturated heterocycles. The van der Waals surface area contributed by atoms with E-state index in [4.69, 9.17) is 18.9 Å². The number of rotatable bonds is 4. The van der Waals surface area contributed by atoms with E-state index in [1.165, 1.54) is 0 Å². The second-order valence-corrected chi connectivity index (χ2v) is 4.01. The van der Waals surface area contributed by atoms with Gasteiger partial charge in [0.1, 0.15) is 11.9 Å². The van der Waals surface area contributed by atoms with Crippen molar-refractivity contribution in [1.82, 2.24) is 0 Å². The highest BCUT2D eigenvalue weighted by Crippen LogP contribution is 2.43. The summed E-state index contributed by atoms with van der Waals surface area (Å²) in [5.41, 5.74) is 1.84. The van der Waals surface area contributed by atoms with E-state index in [0.717, 1.165) is 16.9 Å². The Bertz CT molecular complexity index is 449. The highest BCUT2D eigenvalue weighted by atomic mass is 16.7. The Balaban J connectivity index is 2.65. The lowest BCUT2D eigenvalue weighted by molar-refractivity contribution is -0.181. The molecular formula is C14H18O4. The van der Waals surface area contributed by atoms with Crippen LogP contribution in [0.1, 0.15) is 17.2 Å². The lowest BCUT2D eigenvalue weighted by Crippen LogP contribution is -2.33. The van der Waals surface area contributed by atoms with E-state index in [2.05, 4.69) is 0 Å². The SMILES string of the molecule is COc1cccc2c1C(OC)C=CC2(OC)OC. The van der Waals surface area contributed by atoms with Crippen LogP contribution in [0.4, 0.5) is 0 Å². The van der Waals surface area contributed by atoms with Gasteiger partial charge in [0.15, 0.2) is 0 Å². The molecule has 4 heteroatoms. The summed E-state index contributed by atoms with van der Waals surface area (Å²) in [6.45, 7) is 0. The second-order valence-electron chi connectivity index (χ2n) is 4.01. The zero-order valence-corrected chi connectivity index (χ0v) is 11.1. The maximum atomic E-state index is 5.53. The van der Waals surface area contributed by atoms with Crippen molar-refractivity contribution in [1.29, 1.82) is 0 Å². The fraction of sp³-hybridized carbons (Fsp3) is 0.429. The van der Waals surface area contributed by atoms with Gasteiger partial charge >= 0.3 is 0 Å². The zero-order chi connectivity index (χ0) is 13.2. The number of fused-ring (bicyclic) bond motifs is 1. The molecule has 2 rings (SSSR count). The van der Waals surface area contributed by atoms with Crippen molar-refractivity contribution in [2.24, 2.45) is 0 Å². The zero-order valence-electron chi connectivity index (χ0n) is 11.1. The normalized spacial score (nSPS) is 20.6. The molecule has 1 atom stereocenters. The average molecular weight is 250 g/mol. The highest BCUT2D eigenvalue weighted by molar-refractivity contribution is 5.49. The first-order chi connectivity index (χ1) is 8.72. The molecule has 1 aliphatic rings. The van der Waals surface area contributed by atoms with Crippen LogP contribution < -0.4 is 4.74 Å². The van der Waals surface area contributed by atoms with E-state index in [1.54, 1.807) is 28.4 Å². The highest BCUT2D eigenvalue weighted by Gasteiger charge is 2.38. The van der Waals surface area contributed by atoms with Gasteiger partial charge in [0.25, 0.3) is 0 Å². The van der Waals surface area contributed by atoms with Gasteiger partial charge in [-0.1, -0.05) is 12.1 Å². The van der Waals surface area contributed by atoms with Crippen LogP contribution in [0.3, 0.4) is 0 Å².